The molecule has 130 valence electrons. The average Bonchev–Trinajstić information content (AvgIpc) is 3.10. The number of carbonyl (C=O) groups is 2. The second-order valence-electron chi connectivity index (χ2n) is 6.10. The Balaban J connectivity index is 1.94. The van der Waals surface area contributed by atoms with Gasteiger partial charge < -0.3 is 9.67 Å². The number of aryl methyl sites for hydroxylation is 1. The third-order valence-electron chi connectivity index (χ3n) is 4.44. The predicted molar refractivity (Wildman–Crippen MR) is 99.8 cm³/mol. The lowest BCUT2D eigenvalue weighted by atomic mass is 10.0. The Morgan fingerprint density at radius 1 is 1.19 bits per heavy atom. The summed E-state index contributed by atoms with van der Waals surface area (Å²) in [7, 11) is 1.87. The zero-order valence-corrected chi connectivity index (χ0v) is 14.8. The van der Waals surface area contributed by atoms with Crippen LogP contribution in [0.25, 0.3) is 22.4 Å². The lowest BCUT2D eigenvalue weighted by Crippen LogP contribution is -2.31. The van der Waals surface area contributed by atoms with Gasteiger partial charge in [0.15, 0.2) is 0 Å². The minimum absolute atomic E-state index is 0.0714. The number of hydrogen-bond acceptors (Lipinski definition) is 4. The highest BCUT2D eigenvalue weighted by Crippen LogP contribution is 2.41. The standard InChI is InChI=1S/C19H14ClN3O3/c1-10(24)23-16-8-12(20)4-5-13(16)17(19(23)26)18(25)11-3-6-15-14(7-11)21-9-22(15)2/h3-9,25H,1-2H3. The van der Waals surface area contributed by atoms with Crippen molar-refractivity contribution in [2.75, 3.05) is 4.90 Å². The number of anilines is 1. The van der Waals surface area contributed by atoms with E-state index in [9.17, 15) is 14.7 Å². The normalized spacial score (nSPS) is 15.5. The van der Waals surface area contributed by atoms with Crippen molar-refractivity contribution < 1.29 is 14.7 Å². The lowest BCUT2D eigenvalue weighted by Gasteiger charge is -2.12. The van der Waals surface area contributed by atoms with Crippen LogP contribution in [0.5, 0.6) is 0 Å². The average molecular weight is 368 g/mol. The van der Waals surface area contributed by atoms with E-state index in [0.717, 1.165) is 10.4 Å². The van der Waals surface area contributed by atoms with E-state index in [-0.39, 0.29) is 11.3 Å². The Kier molecular flexibility index (Phi) is 3.59. The Morgan fingerprint density at radius 2 is 1.96 bits per heavy atom. The topological polar surface area (TPSA) is 75.4 Å². The van der Waals surface area contributed by atoms with Crippen LogP contribution in [-0.2, 0) is 16.6 Å². The molecule has 0 aliphatic carbocycles. The molecule has 2 amide bonds. The first-order chi connectivity index (χ1) is 12.4. The molecular weight excluding hydrogens is 354 g/mol. The quantitative estimate of drug-likeness (QED) is 0.527. The van der Waals surface area contributed by atoms with E-state index in [4.69, 9.17) is 11.6 Å². The second-order valence-corrected chi connectivity index (χ2v) is 6.54. The fourth-order valence-electron chi connectivity index (χ4n) is 3.21. The monoisotopic (exact) mass is 367 g/mol. The summed E-state index contributed by atoms with van der Waals surface area (Å²) in [5, 5.41) is 11.2. The van der Waals surface area contributed by atoms with E-state index < -0.39 is 11.8 Å². The van der Waals surface area contributed by atoms with Gasteiger partial charge in [-0.2, -0.15) is 0 Å². The summed E-state index contributed by atoms with van der Waals surface area (Å²) in [5.74, 6) is -1.22. The van der Waals surface area contributed by atoms with Crippen LogP contribution in [0, 0.1) is 0 Å². The van der Waals surface area contributed by atoms with Crippen molar-refractivity contribution in [2.24, 2.45) is 7.05 Å². The molecular formula is C19H14ClN3O3. The molecule has 7 heteroatoms. The van der Waals surface area contributed by atoms with E-state index in [2.05, 4.69) is 4.98 Å². The highest BCUT2D eigenvalue weighted by molar-refractivity contribution is 6.43. The van der Waals surface area contributed by atoms with Crippen molar-refractivity contribution in [1.29, 1.82) is 0 Å². The Hall–Kier alpha value is -3.12. The molecule has 1 aliphatic heterocycles. The summed E-state index contributed by atoms with van der Waals surface area (Å²) in [6.45, 7) is 1.29. The van der Waals surface area contributed by atoms with Crippen molar-refractivity contribution in [2.45, 2.75) is 6.92 Å². The van der Waals surface area contributed by atoms with Crippen LogP contribution in [0.2, 0.25) is 5.02 Å². The van der Waals surface area contributed by atoms with Crippen LogP contribution < -0.4 is 4.90 Å². The highest BCUT2D eigenvalue weighted by Gasteiger charge is 2.37. The molecule has 2 aromatic carbocycles. The molecule has 1 aromatic heterocycles. The Morgan fingerprint density at radius 3 is 2.69 bits per heavy atom. The van der Waals surface area contributed by atoms with Gasteiger partial charge in [-0.3, -0.25) is 9.59 Å². The molecule has 0 spiro atoms. The number of amides is 2. The molecule has 0 saturated carbocycles. The van der Waals surface area contributed by atoms with E-state index in [1.807, 2.05) is 17.7 Å². The molecule has 2 heterocycles. The van der Waals surface area contributed by atoms with Crippen LogP contribution in [-0.4, -0.2) is 26.5 Å². The molecule has 3 aromatic rings. The van der Waals surface area contributed by atoms with Crippen molar-refractivity contribution in [3.63, 3.8) is 0 Å². The smallest absolute Gasteiger partial charge is 0.269 e. The number of hydrogen-bond donors (Lipinski definition) is 1. The summed E-state index contributed by atoms with van der Waals surface area (Å²) < 4.78 is 1.86. The number of carbonyl (C=O) groups excluding carboxylic acids is 2. The number of fused-ring (bicyclic) bond motifs is 2. The van der Waals surface area contributed by atoms with Crippen LogP contribution in [0.1, 0.15) is 18.1 Å². The first-order valence-electron chi connectivity index (χ1n) is 7.88. The molecule has 0 saturated heterocycles. The molecule has 1 aliphatic rings. The van der Waals surface area contributed by atoms with E-state index in [1.165, 1.54) is 6.92 Å². The van der Waals surface area contributed by atoms with Gasteiger partial charge >= 0.3 is 0 Å². The first kappa shape index (κ1) is 16.4. The number of halogens is 1. The fourth-order valence-corrected chi connectivity index (χ4v) is 3.37. The van der Waals surface area contributed by atoms with Gasteiger partial charge in [0.2, 0.25) is 5.91 Å². The van der Waals surface area contributed by atoms with Crippen LogP contribution in [0.4, 0.5) is 5.69 Å². The number of imidazole rings is 1. The number of nitrogens with zero attached hydrogens (tertiary/aromatic N) is 3. The molecule has 0 radical (unpaired) electrons. The van der Waals surface area contributed by atoms with Gasteiger partial charge in [0.25, 0.3) is 5.91 Å². The largest absolute Gasteiger partial charge is 0.506 e. The Labute approximate surface area is 153 Å². The van der Waals surface area contributed by atoms with Gasteiger partial charge in [-0.1, -0.05) is 17.7 Å². The molecule has 0 fully saturated rings. The fraction of sp³-hybridized carbons (Fsp3) is 0.105. The highest BCUT2D eigenvalue weighted by atomic mass is 35.5. The third-order valence-corrected chi connectivity index (χ3v) is 4.67. The molecule has 4 rings (SSSR count). The van der Waals surface area contributed by atoms with E-state index in [0.29, 0.717) is 27.4 Å². The minimum Gasteiger partial charge on any atom is -0.506 e. The second kappa shape index (κ2) is 5.71. The maximum atomic E-state index is 12.8. The number of aromatic nitrogens is 2. The molecule has 0 bridgehead atoms. The van der Waals surface area contributed by atoms with Gasteiger partial charge in [0.1, 0.15) is 5.76 Å². The molecule has 0 atom stereocenters. The van der Waals surface area contributed by atoms with Crippen molar-refractivity contribution in [3.05, 3.63) is 58.9 Å². The molecule has 26 heavy (non-hydrogen) atoms. The number of aliphatic hydroxyl groups excluding tert-OH is 1. The zero-order valence-electron chi connectivity index (χ0n) is 14.0. The summed E-state index contributed by atoms with van der Waals surface area (Å²) in [6, 6.07) is 10.0. The van der Waals surface area contributed by atoms with Gasteiger partial charge in [-0.05, 0) is 30.3 Å². The van der Waals surface area contributed by atoms with E-state index in [1.54, 1.807) is 36.7 Å². The zero-order chi connectivity index (χ0) is 18.6. The first-order valence-corrected chi connectivity index (χ1v) is 8.26. The molecule has 6 nitrogen and oxygen atoms in total. The van der Waals surface area contributed by atoms with Crippen LogP contribution >= 0.6 is 11.6 Å². The number of benzene rings is 2. The number of imide groups is 1. The van der Waals surface area contributed by atoms with Gasteiger partial charge in [-0.25, -0.2) is 9.88 Å². The van der Waals surface area contributed by atoms with Gasteiger partial charge in [-0.15, -0.1) is 0 Å². The summed E-state index contributed by atoms with van der Waals surface area (Å²) >= 11 is 6.01. The molecule has 0 unspecified atom stereocenters. The van der Waals surface area contributed by atoms with E-state index >= 15 is 0 Å². The lowest BCUT2D eigenvalue weighted by molar-refractivity contribution is -0.122. The van der Waals surface area contributed by atoms with Gasteiger partial charge in [0.05, 0.1) is 28.6 Å². The molecule has 1 N–H and O–H groups in total. The van der Waals surface area contributed by atoms with Gasteiger partial charge in [0, 0.05) is 30.1 Å². The minimum atomic E-state index is -0.576. The SMILES string of the molecule is CC(=O)N1C(=O)C(=C(O)c2ccc3c(c2)ncn3C)c2ccc(Cl)cc21. The summed E-state index contributed by atoms with van der Waals surface area (Å²) in [6.07, 6.45) is 1.67. The third kappa shape index (κ3) is 2.30. The maximum absolute atomic E-state index is 12.8. The Bertz CT molecular complexity index is 1130. The van der Waals surface area contributed by atoms with Crippen LogP contribution in [0.3, 0.4) is 0 Å². The summed E-state index contributed by atoms with van der Waals surface area (Å²) in [4.78, 5) is 30.1. The van der Waals surface area contributed by atoms with Crippen molar-refractivity contribution >= 4 is 51.5 Å². The predicted octanol–water partition coefficient (Wildman–Crippen LogP) is 3.55. The maximum Gasteiger partial charge on any atom is 0.269 e. The van der Waals surface area contributed by atoms with Crippen molar-refractivity contribution in [1.82, 2.24) is 9.55 Å². The van der Waals surface area contributed by atoms with Crippen molar-refractivity contribution in [3.8, 4) is 0 Å². The summed E-state index contributed by atoms with van der Waals surface area (Å²) in [5.41, 5.74) is 2.96. The number of aliphatic hydroxyl groups is 1. The number of rotatable bonds is 1. The van der Waals surface area contributed by atoms with Crippen LogP contribution in [0.15, 0.2) is 42.7 Å².